The molecule has 2 bridgehead atoms. The molecule has 3 aliphatic heterocycles. The molecule has 1 aromatic rings. The van der Waals surface area contributed by atoms with Crippen molar-refractivity contribution >= 4 is 23.8 Å². The van der Waals surface area contributed by atoms with Crippen LogP contribution >= 0.6 is 0 Å². The van der Waals surface area contributed by atoms with Crippen LogP contribution in [0.2, 0.25) is 0 Å². The Morgan fingerprint density at radius 2 is 1.98 bits per heavy atom. The van der Waals surface area contributed by atoms with E-state index in [4.69, 9.17) is 4.74 Å². The fraction of sp³-hybridized carbons (Fsp3) is 0.621. The van der Waals surface area contributed by atoms with Gasteiger partial charge in [-0.3, -0.25) is 19.3 Å². The second kappa shape index (κ2) is 11.5. The van der Waals surface area contributed by atoms with Crippen LogP contribution in [0.3, 0.4) is 0 Å². The first-order valence-corrected chi connectivity index (χ1v) is 13.9. The van der Waals surface area contributed by atoms with Gasteiger partial charge < -0.3 is 24.8 Å². The Kier molecular flexibility index (Phi) is 8.40. The van der Waals surface area contributed by atoms with Crippen LogP contribution in [-0.4, -0.2) is 107 Å². The molecule has 216 valence electrons. The van der Waals surface area contributed by atoms with E-state index in [0.29, 0.717) is 31.5 Å². The lowest BCUT2D eigenvalue weighted by molar-refractivity contribution is -0.141. The van der Waals surface area contributed by atoms with Gasteiger partial charge in [0.15, 0.2) is 0 Å². The zero-order valence-corrected chi connectivity index (χ0v) is 24.2. The number of piperazine rings is 1. The van der Waals surface area contributed by atoms with Gasteiger partial charge >= 0.3 is 6.09 Å². The van der Waals surface area contributed by atoms with Crippen LogP contribution < -0.4 is 5.32 Å². The molecule has 0 radical (unpaired) electrons. The van der Waals surface area contributed by atoms with Crippen molar-refractivity contribution in [2.45, 2.75) is 82.8 Å². The summed E-state index contributed by atoms with van der Waals surface area (Å²) in [5, 5.41) is 12.2. The molecule has 3 aliphatic rings. The molecule has 0 saturated carbocycles. The van der Waals surface area contributed by atoms with E-state index in [1.807, 2.05) is 34.9 Å². The normalized spacial score (nSPS) is 24.0. The third-order valence-electron chi connectivity index (χ3n) is 7.84. The monoisotopic (exact) mass is 552 g/mol. The van der Waals surface area contributed by atoms with Gasteiger partial charge in [0.2, 0.25) is 11.8 Å². The van der Waals surface area contributed by atoms with Gasteiger partial charge in [-0.1, -0.05) is 12.1 Å². The molecule has 0 aliphatic carbocycles. The van der Waals surface area contributed by atoms with Gasteiger partial charge in [-0.05, 0) is 64.7 Å². The first kappa shape index (κ1) is 29.3. The van der Waals surface area contributed by atoms with E-state index in [-0.39, 0.29) is 36.3 Å². The summed E-state index contributed by atoms with van der Waals surface area (Å²) < 4.78 is 5.41. The lowest BCUT2D eigenvalue weighted by atomic mass is 10.0. The second-order valence-electron chi connectivity index (χ2n) is 12.1. The van der Waals surface area contributed by atoms with Gasteiger partial charge in [-0.15, -0.1) is 0 Å². The number of nitrogens with zero attached hydrogens (tertiary/aromatic N) is 5. The highest BCUT2D eigenvalue weighted by molar-refractivity contribution is 5.94. The molecule has 11 heteroatoms. The topological polar surface area (TPSA) is 126 Å². The van der Waals surface area contributed by atoms with Crippen LogP contribution in [0, 0.1) is 11.3 Å². The van der Waals surface area contributed by atoms with Crippen LogP contribution in [0.5, 0.6) is 0 Å². The van der Waals surface area contributed by atoms with Crippen LogP contribution in [0.25, 0.3) is 0 Å². The predicted octanol–water partition coefficient (Wildman–Crippen LogP) is 2.14. The number of rotatable bonds is 7. The van der Waals surface area contributed by atoms with Gasteiger partial charge in [-0.25, -0.2) is 4.79 Å². The van der Waals surface area contributed by atoms with Gasteiger partial charge in [0.1, 0.15) is 17.7 Å². The lowest BCUT2D eigenvalue weighted by Gasteiger charge is -2.39. The van der Waals surface area contributed by atoms with Crippen molar-refractivity contribution < 1.29 is 23.9 Å². The van der Waals surface area contributed by atoms with Crippen molar-refractivity contribution in [3.8, 4) is 6.07 Å². The summed E-state index contributed by atoms with van der Waals surface area (Å²) >= 11 is 0. The average Bonchev–Trinajstić information content (AvgIpc) is 3.60. The number of likely N-dealkylation sites (tertiary alicyclic amines) is 3. The molecule has 1 N–H and O–H groups in total. The SMILES string of the molecule is CC(c1cccc(C(=O)N(C)C)c1)N1C(=O)[C@@H]2C[C@H]1CN2C[C@H](NC(=O)OC(C)(C)C)C(=O)N1CCCC1C#N. The molecule has 3 heterocycles. The molecule has 11 nitrogen and oxygen atoms in total. The van der Waals surface area contributed by atoms with Crippen molar-refractivity contribution in [3.63, 3.8) is 0 Å². The minimum atomic E-state index is -0.949. The summed E-state index contributed by atoms with van der Waals surface area (Å²) in [5.41, 5.74) is 0.713. The number of hydrogen-bond donors (Lipinski definition) is 1. The highest BCUT2D eigenvalue weighted by atomic mass is 16.6. The van der Waals surface area contributed by atoms with Crippen LogP contribution in [-0.2, 0) is 14.3 Å². The van der Waals surface area contributed by atoms with Gasteiger partial charge in [0.05, 0.1) is 18.2 Å². The van der Waals surface area contributed by atoms with Crippen LogP contribution in [0.15, 0.2) is 24.3 Å². The number of nitriles is 1. The maximum atomic E-state index is 13.6. The summed E-state index contributed by atoms with van der Waals surface area (Å²) in [4.78, 5) is 59.1. The second-order valence-corrected chi connectivity index (χ2v) is 12.1. The Labute approximate surface area is 236 Å². The molecular formula is C29H40N6O5. The number of nitrogens with one attached hydrogen (secondary N) is 1. The van der Waals surface area contributed by atoms with Crippen molar-refractivity contribution in [2.75, 3.05) is 33.7 Å². The molecular weight excluding hydrogens is 512 g/mol. The third kappa shape index (κ3) is 6.07. The first-order valence-electron chi connectivity index (χ1n) is 13.9. The number of carbonyl (C=O) groups excluding carboxylic acids is 4. The Morgan fingerprint density at radius 3 is 2.60 bits per heavy atom. The molecule has 3 saturated heterocycles. The summed E-state index contributed by atoms with van der Waals surface area (Å²) in [5.74, 6) is -0.468. The van der Waals surface area contributed by atoms with Gasteiger partial charge in [0, 0.05) is 45.3 Å². The lowest BCUT2D eigenvalue weighted by Crippen LogP contribution is -2.59. The average molecular weight is 553 g/mol. The highest BCUT2D eigenvalue weighted by Crippen LogP contribution is 2.38. The Morgan fingerprint density at radius 1 is 1.25 bits per heavy atom. The van der Waals surface area contributed by atoms with E-state index in [9.17, 15) is 24.4 Å². The minimum Gasteiger partial charge on any atom is -0.444 e. The summed E-state index contributed by atoms with van der Waals surface area (Å²) in [6, 6.07) is 7.37. The van der Waals surface area contributed by atoms with Crippen LogP contribution in [0.1, 0.15) is 68.9 Å². The fourth-order valence-corrected chi connectivity index (χ4v) is 5.98. The van der Waals surface area contributed by atoms with Gasteiger partial charge in [-0.2, -0.15) is 5.26 Å². The molecule has 3 fully saturated rings. The Hall–Kier alpha value is -3.65. The van der Waals surface area contributed by atoms with E-state index < -0.39 is 29.8 Å². The number of fused-ring (bicyclic) bond motifs is 2. The summed E-state index contributed by atoms with van der Waals surface area (Å²) in [6.45, 7) is 8.36. The van der Waals surface area contributed by atoms with Gasteiger partial charge in [0.25, 0.3) is 5.91 Å². The molecule has 5 atom stereocenters. The molecule has 0 spiro atoms. The summed E-state index contributed by atoms with van der Waals surface area (Å²) in [6.07, 6.45) is 1.24. The maximum Gasteiger partial charge on any atom is 0.408 e. The predicted molar refractivity (Wildman–Crippen MR) is 147 cm³/mol. The van der Waals surface area contributed by atoms with Crippen molar-refractivity contribution in [1.82, 2.24) is 24.9 Å². The zero-order chi connectivity index (χ0) is 29.4. The Bertz CT molecular complexity index is 1200. The number of ether oxygens (including phenoxy) is 1. The number of carbonyl (C=O) groups is 4. The number of benzene rings is 1. The zero-order valence-electron chi connectivity index (χ0n) is 24.2. The Balaban J connectivity index is 1.48. The van der Waals surface area contributed by atoms with E-state index in [0.717, 1.165) is 12.0 Å². The van der Waals surface area contributed by atoms with Crippen molar-refractivity contribution in [3.05, 3.63) is 35.4 Å². The highest BCUT2D eigenvalue weighted by Gasteiger charge is 2.52. The van der Waals surface area contributed by atoms with Crippen LogP contribution in [0.4, 0.5) is 4.79 Å². The van der Waals surface area contributed by atoms with E-state index >= 15 is 0 Å². The minimum absolute atomic E-state index is 0.0346. The maximum absolute atomic E-state index is 13.6. The molecule has 0 aromatic heterocycles. The molecule has 40 heavy (non-hydrogen) atoms. The smallest absolute Gasteiger partial charge is 0.408 e. The van der Waals surface area contributed by atoms with Crippen molar-refractivity contribution in [2.24, 2.45) is 0 Å². The summed E-state index contributed by atoms with van der Waals surface area (Å²) in [7, 11) is 3.41. The largest absolute Gasteiger partial charge is 0.444 e. The van der Waals surface area contributed by atoms with E-state index in [1.54, 1.807) is 40.9 Å². The van der Waals surface area contributed by atoms with E-state index in [1.165, 1.54) is 9.80 Å². The number of hydrogen-bond acceptors (Lipinski definition) is 7. The molecule has 1 aromatic carbocycles. The quantitative estimate of drug-likeness (QED) is 0.549. The molecule has 4 amide bonds. The molecule has 2 unspecified atom stereocenters. The standard InChI is InChI=1S/C29H40N6O5/c1-18(19-9-7-10-20(13-19)25(36)32(5)6)35-22-14-24(27(35)38)33(16-22)17-23(31-28(39)40-29(2,3)4)26(37)34-12-8-11-21(34)15-30/h7,9-10,13,18,21-24H,8,11-12,14,16-17H2,1-6H3,(H,31,39)/t18?,21?,22-,23-,24-/m0/s1. The number of alkyl carbamates (subject to hydrolysis) is 1. The first-order chi connectivity index (χ1) is 18.8. The number of amides is 4. The fourth-order valence-electron chi connectivity index (χ4n) is 5.98. The van der Waals surface area contributed by atoms with E-state index in [2.05, 4.69) is 11.4 Å². The van der Waals surface area contributed by atoms with Crippen molar-refractivity contribution in [1.29, 1.82) is 5.26 Å². The third-order valence-corrected chi connectivity index (χ3v) is 7.84. The molecule has 4 rings (SSSR count).